The Hall–Kier alpha value is -0.810. The van der Waals surface area contributed by atoms with E-state index in [1.165, 1.54) is 0 Å². The van der Waals surface area contributed by atoms with Crippen molar-refractivity contribution in [3.8, 4) is 0 Å². The van der Waals surface area contributed by atoms with Crippen LogP contribution in [0.1, 0.15) is 13.3 Å². The van der Waals surface area contributed by atoms with Crippen LogP contribution in [-0.4, -0.2) is 44.7 Å². The number of likely N-dealkylation sites (N-methyl/N-ethyl adjacent to an activating group) is 1. The molecule has 0 radical (unpaired) electrons. The Morgan fingerprint density at radius 3 is 2.77 bits per heavy atom. The number of aliphatic imine (C=N–C) groups is 1. The number of nitrogens with one attached hydrogen (secondary N) is 1. The maximum atomic E-state index is 5.32. The second-order valence-corrected chi connectivity index (χ2v) is 2.76. The Balaban J connectivity index is 3.90. The molecule has 0 aliphatic rings. The average Bonchev–Trinajstić information content (AvgIpc) is 2.16. The molecular weight excluding hydrogens is 168 g/mol. The average molecular weight is 188 g/mol. The number of hydrazine groups is 1. The van der Waals surface area contributed by atoms with Gasteiger partial charge in [-0.3, -0.25) is 10.4 Å². The summed E-state index contributed by atoms with van der Waals surface area (Å²) >= 11 is 0. The summed E-state index contributed by atoms with van der Waals surface area (Å²) in [6.07, 6.45) is 1.02. The van der Waals surface area contributed by atoms with Gasteiger partial charge in [-0.15, -0.1) is 0 Å². The van der Waals surface area contributed by atoms with E-state index in [2.05, 4.69) is 17.3 Å². The van der Waals surface area contributed by atoms with Crippen molar-refractivity contribution in [1.82, 2.24) is 10.3 Å². The third kappa shape index (κ3) is 5.43. The minimum Gasteiger partial charge on any atom is -0.383 e. The number of rotatable bonds is 5. The van der Waals surface area contributed by atoms with Gasteiger partial charge in [-0.2, -0.15) is 0 Å². The summed E-state index contributed by atoms with van der Waals surface area (Å²) in [5.41, 5.74) is 2.57. The summed E-state index contributed by atoms with van der Waals surface area (Å²) in [4.78, 5) is 6.19. The molecule has 13 heavy (non-hydrogen) atoms. The van der Waals surface area contributed by atoms with Crippen molar-refractivity contribution in [2.45, 2.75) is 13.3 Å². The monoisotopic (exact) mass is 188 g/mol. The van der Waals surface area contributed by atoms with Crippen molar-refractivity contribution in [3.63, 3.8) is 0 Å². The van der Waals surface area contributed by atoms with Crippen LogP contribution >= 0.6 is 0 Å². The molecule has 0 atom stereocenters. The molecule has 0 aromatic carbocycles. The van der Waals surface area contributed by atoms with Crippen LogP contribution in [0, 0.1) is 0 Å². The molecular formula is C8H20N4O. The molecule has 0 bridgehead atoms. The van der Waals surface area contributed by atoms with Crippen molar-refractivity contribution < 1.29 is 4.74 Å². The molecule has 0 heterocycles. The highest BCUT2D eigenvalue weighted by atomic mass is 16.5. The van der Waals surface area contributed by atoms with Gasteiger partial charge in [0.1, 0.15) is 0 Å². The lowest BCUT2D eigenvalue weighted by Gasteiger charge is -2.19. The fraction of sp³-hybridized carbons (Fsp3) is 0.875. The Labute approximate surface area is 79.9 Å². The standard InChI is InChI=1S/C8H20N4O/c1-4-5-10-8(11-9)12(2)6-7-13-3/h4-7,9H2,1-3H3,(H,10,11). The van der Waals surface area contributed by atoms with E-state index < -0.39 is 0 Å². The van der Waals surface area contributed by atoms with Crippen LogP contribution in [0.2, 0.25) is 0 Å². The number of nitrogens with zero attached hydrogens (tertiary/aromatic N) is 2. The van der Waals surface area contributed by atoms with Crippen LogP contribution in [0.3, 0.4) is 0 Å². The minimum atomic E-state index is 0.670. The van der Waals surface area contributed by atoms with Crippen molar-refractivity contribution in [1.29, 1.82) is 0 Å². The van der Waals surface area contributed by atoms with Crippen molar-refractivity contribution >= 4 is 5.96 Å². The van der Waals surface area contributed by atoms with Crippen LogP contribution < -0.4 is 11.3 Å². The molecule has 0 aromatic rings. The van der Waals surface area contributed by atoms with Crippen LogP contribution in [-0.2, 0) is 4.74 Å². The van der Waals surface area contributed by atoms with E-state index in [0.29, 0.717) is 12.6 Å². The SMILES string of the molecule is CCCN=C(NN)N(C)CCOC. The van der Waals surface area contributed by atoms with Crippen molar-refractivity contribution in [2.75, 3.05) is 33.9 Å². The molecule has 78 valence electrons. The van der Waals surface area contributed by atoms with Crippen molar-refractivity contribution in [3.05, 3.63) is 0 Å². The Morgan fingerprint density at radius 1 is 1.62 bits per heavy atom. The van der Waals surface area contributed by atoms with Crippen LogP contribution in [0.15, 0.2) is 4.99 Å². The second-order valence-electron chi connectivity index (χ2n) is 2.76. The Morgan fingerprint density at radius 2 is 2.31 bits per heavy atom. The van der Waals surface area contributed by atoms with Gasteiger partial charge in [0, 0.05) is 27.2 Å². The number of guanidine groups is 1. The van der Waals surface area contributed by atoms with Gasteiger partial charge < -0.3 is 9.64 Å². The lowest BCUT2D eigenvalue weighted by atomic mass is 10.5. The maximum absolute atomic E-state index is 5.32. The van der Waals surface area contributed by atoms with E-state index in [4.69, 9.17) is 10.6 Å². The van der Waals surface area contributed by atoms with Crippen LogP contribution in [0.4, 0.5) is 0 Å². The molecule has 0 spiro atoms. The number of ether oxygens (including phenoxy) is 1. The highest BCUT2D eigenvalue weighted by molar-refractivity contribution is 5.79. The third-order valence-corrected chi connectivity index (χ3v) is 1.61. The Kier molecular flexibility index (Phi) is 7.33. The highest BCUT2D eigenvalue weighted by Crippen LogP contribution is 1.86. The summed E-state index contributed by atoms with van der Waals surface area (Å²) in [6.45, 7) is 4.32. The first-order chi connectivity index (χ1) is 6.26. The van der Waals surface area contributed by atoms with Gasteiger partial charge in [0.15, 0.2) is 0 Å². The van der Waals surface area contributed by atoms with Gasteiger partial charge >= 0.3 is 0 Å². The normalized spacial score (nSPS) is 11.5. The quantitative estimate of drug-likeness (QED) is 0.271. The molecule has 0 aliphatic heterocycles. The van der Waals surface area contributed by atoms with Gasteiger partial charge in [0.2, 0.25) is 5.96 Å². The smallest absolute Gasteiger partial charge is 0.208 e. The molecule has 0 aliphatic carbocycles. The first kappa shape index (κ1) is 12.2. The van der Waals surface area contributed by atoms with Gasteiger partial charge in [0.25, 0.3) is 0 Å². The lowest BCUT2D eigenvalue weighted by molar-refractivity contribution is 0.181. The molecule has 5 nitrogen and oxygen atoms in total. The summed E-state index contributed by atoms with van der Waals surface area (Å²) in [7, 11) is 3.60. The minimum absolute atomic E-state index is 0.670. The highest BCUT2D eigenvalue weighted by Gasteiger charge is 2.02. The molecule has 0 amide bonds. The predicted octanol–water partition coefficient (Wildman–Crippen LogP) is -0.206. The number of nitrogens with two attached hydrogens (primary N) is 1. The van der Waals surface area contributed by atoms with E-state index in [1.54, 1.807) is 7.11 Å². The topological polar surface area (TPSA) is 62.9 Å². The molecule has 5 heteroatoms. The summed E-state index contributed by atoms with van der Waals surface area (Å²) in [5, 5.41) is 0. The van der Waals surface area contributed by atoms with Gasteiger partial charge in [-0.05, 0) is 6.42 Å². The Bertz CT molecular complexity index is 149. The molecule has 0 saturated carbocycles. The summed E-state index contributed by atoms with van der Waals surface area (Å²) in [6, 6.07) is 0. The van der Waals surface area contributed by atoms with Crippen molar-refractivity contribution in [2.24, 2.45) is 10.8 Å². The zero-order chi connectivity index (χ0) is 10.1. The predicted molar refractivity (Wildman–Crippen MR) is 54.4 cm³/mol. The zero-order valence-electron chi connectivity index (χ0n) is 8.71. The van der Waals surface area contributed by atoms with Crippen LogP contribution in [0.25, 0.3) is 0 Å². The number of hydrogen-bond acceptors (Lipinski definition) is 3. The molecule has 0 rings (SSSR count). The first-order valence-corrected chi connectivity index (χ1v) is 4.47. The van der Waals surface area contributed by atoms with Crippen LogP contribution in [0.5, 0.6) is 0 Å². The second kappa shape index (κ2) is 7.82. The molecule has 3 N–H and O–H groups in total. The summed E-state index contributed by atoms with van der Waals surface area (Å²) in [5.74, 6) is 6.03. The van der Waals surface area contributed by atoms with Gasteiger partial charge in [-0.25, -0.2) is 5.84 Å². The van der Waals surface area contributed by atoms with E-state index in [-0.39, 0.29) is 0 Å². The number of methoxy groups -OCH3 is 1. The molecule has 0 fully saturated rings. The first-order valence-electron chi connectivity index (χ1n) is 4.47. The van der Waals surface area contributed by atoms with E-state index in [0.717, 1.165) is 19.5 Å². The number of hydrogen-bond donors (Lipinski definition) is 2. The fourth-order valence-electron chi connectivity index (χ4n) is 0.828. The molecule has 0 aromatic heterocycles. The maximum Gasteiger partial charge on any atom is 0.208 e. The van der Waals surface area contributed by atoms with Gasteiger partial charge in [0.05, 0.1) is 6.61 Å². The molecule has 0 saturated heterocycles. The third-order valence-electron chi connectivity index (χ3n) is 1.61. The lowest BCUT2D eigenvalue weighted by Crippen LogP contribution is -2.44. The van der Waals surface area contributed by atoms with E-state index >= 15 is 0 Å². The van der Waals surface area contributed by atoms with E-state index in [1.807, 2.05) is 11.9 Å². The zero-order valence-corrected chi connectivity index (χ0v) is 8.71. The largest absolute Gasteiger partial charge is 0.383 e. The molecule has 0 unspecified atom stereocenters. The van der Waals surface area contributed by atoms with E-state index in [9.17, 15) is 0 Å². The fourth-order valence-corrected chi connectivity index (χ4v) is 0.828. The van der Waals surface area contributed by atoms with Gasteiger partial charge in [-0.1, -0.05) is 6.92 Å². The summed E-state index contributed by atoms with van der Waals surface area (Å²) < 4.78 is 4.95.